The number of likely N-dealkylation sites (tertiary alicyclic amines) is 1. The quantitative estimate of drug-likeness (QED) is 0.252. The van der Waals surface area contributed by atoms with Gasteiger partial charge in [0.15, 0.2) is 17.5 Å². The Morgan fingerprint density at radius 3 is 2.43 bits per heavy atom. The molecule has 4 aliphatic heterocycles. The van der Waals surface area contributed by atoms with Crippen LogP contribution in [0.1, 0.15) is 25.7 Å². The molecule has 0 radical (unpaired) electrons. The molecule has 4 aromatic rings. The Hall–Kier alpha value is -3.74. The number of fused-ring (bicyclic) bond motifs is 5. The highest BCUT2D eigenvalue weighted by atomic mass is 19.2. The molecule has 4 saturated heterocycles. The van der Waals surface area contributed by atoms with Crippen LogP contribution >= 0.6 is 0 Å². The van der Waals surface area contributed by atoms with Crippen molar-refractivity contribution in [3.63, 3.8) is 0 Å². The van der Waals surface area contributed by atoms with E-state index in [1.165, 1.54) is 12.1 Å². The highest BCUT2D eigenvalue weighted by Crippen LogP contribution is 2.48. The number of anilines is 1. The maximum Gasteiger partial charge on any atom is 0.319 e. The molecule has 4 atom stereocenters. The first-order chi connectivity index (χ1) is 22.2. The minimum Gasteiger partial charge on any atom is -0.508 e. The number of phenols is 1. The zero-order valence-electron chi connectivity index (χ0n) is 25.1. The van der Waals surface area contributed by atoms with Crippen molar-refractivity contribution in [2.75, 3.05) is 50.8 Å². The lowest BCUT2D eigenvalue weighted by Gasteiger charge is -2.34. The molecular formula is C34H34F4N6O2. The zero-order chi connectivity index (χ0) is 31.3. The highest BCUT2D eigenvalue weighted by molar-refractivity contribution is 6.02. The summed E-state index contributed by atoms with van der Waals surface area (Å²) in [6.07, 6.45) is 4.04. The van der Waals surface area contributed by atoms with E-state index in [-0.39, 0.29) is 56.5 Å². The first-order valence-electron chi connectivity index (χ1n) is 16.1. The minimum atomic E-state index is -1.26. The van der Waals surface area contributed by atoms with Crippen molar-refractivity contribution in [3.05, 3.63) is 53.6 Å². The summed E-state index contributed by atoms with van der Waals surface area (Å²) in [5.41, 5.74) is -1.12. The first kappa shape index (κ1) is 28.5. The van der Waals surface area contributed by atoms with Gasteiger partial charge < -0.3 is 30.3 Å². The van der Waals surface area contributed by atoms with E-state index in [0.717, 1.165) is 70.1 Å². The number of ether oxygens (including phenoxy) is 1. The molecule has 1 aromatic heterocycles. The molecule has 3 N–H and O–H groups in total. The molecule has 8 nitrogen and oxygen atoms in total. The molecule has 2 bridgehead atoms. The fourth-order valence-corrected chi connectivity index (χ4v) is 8.15. The number of hydrogen-bond donors (Lipinski definition) is 3. The summed E-state index contributed by atoms with van der Waals surface area (Å²) in [6.45, 7) is 5.70. The summed E-state index contributed by atoms with van der Waals surface area (Å²) in [7, 11) is 0. The van der Waals surface area contributed by atoms with Crippen LogP contribution in [0.2, 0.25) is 0 Å². The van der Waals surface area contributed by atoms with Crippen LogP contribution in [0.15, 0.2) is 30.3 Å². The Morgan fingerprint density at radius 1 is 0.935 bits per heavy atom. The Kier molecular flexibility index (Phi) is 6.43. The second kappa shape index (κ2) is 10.4. The molecule has 1 saturated carbocycles. The van der Waals surface area contributed by atoms with Crippen LogP contribution < -0.4 is 20.3 Å². The van der Waals surface area contributed by atoms with Crippen molar-refractivity contribution < 1.29 is 27.4 Å². The van der Waals surface area contributed by atoms with E-state index in [9.17, 15) is 9.50 Å². The first-order valence-corrected chi connectivity index (χ1v) is 16.1. The third-order valence-corrected chi connectivity index (χ3v) is 10.8. The number of phenolic OH excluding ortho intramolecular Hbond substituents is 1. The van der Waals surface area contributed by atoms with Gasteiger partial charge in [0.1, 0.15) is 22.9 Å². The van der Waals surface area contributed by atoms with Gasteiger partial charge in [-0.05, 0) is 55.3 Å². The SMILES string of the molecule is Oc1cc(-c2c(F)cc3c(N4CC5CCC(C4)N5)nc(OCC4(CN5CC6CNC6C5)CC4)nc3c2F)c2c(F)c(F)ccc2c1. The van der Waals surface area contributed by atoms with Crippen molar-refractivity contribution in [1.29, 1.82) is 0 Å². The lowest BCUT2D eigenvalue weighted by Crippen LogP contribution is -2.51. The largest absolute Gasteiger partial charge is 0.508 e. The fourth-order valence-electron chi connectivity index (χ4n) is 8.15. The summed E-state index contributed by atoms with van der Waals surface area (Å²) in [6, 6.07) is 6.63. The van der Waals surface area contributed by atoms with Gasteiger partial charge in [-0.1, -0.05) is 6.07 Å². The highest BCUT2D eigenvalue weighted by Gasteiger charge is 2.48. The van der Waals surface area contributed by atoms with E-state index in [1.807, 2.05) is 4.90 Å². The number of halogens is 4. The third-order valence-electron chi connectivity index (χ3n) is 10.8. The van der Waals surface area contributed by atoms with Crippen LogP contribution in [0.4, 0.5) is 23.4 Å². The van der Waals surface area contributed by atoms with Gasteiger partial charge in [-0.3, -0.25) is 0 Å². The Balaban J connectivity index is 1.13. The lowest BCUT2D eigenvalue weighted by molar-refractivity contribution is 0.169. The molecule has 5 heterocycles. The summed E-state index contributed by atoms with van der Waals surface area (Å²) < 4.78 is 68.5. The number of aromatic nitrogens is 2. The van der Waals surface area contributed by atoms with Crippen LogP contribution in [0.3, 0.4) is 0 Å². The number of benzene rings is 3. The van der Waals surface area contributed by atoms with Crippen LogP contribution in [-0.4, -0.2) is 84.0 Å². The number of rotatable bonds is 7. The molecule has 1 aliphatic carbocycles. The van der Waals surface area contributed by atoms with E-state index in [2.05, 4.69) is 20.5 Å². The van der Waals surface area contributed by atoms with Gasteiger partial charge in [0.05, 0.1) is 12.2 Å². The predicted octanol–water partition coefficient (Wildman–Crippen LogP) is 4.72. The monoisotopic (exact) mass is 634 g/mol. The summed E-state index contributed by atoms with van der Waals surface area (Å²) >= 11 is 0. The maximum atomic E-state index is 16.7. The molecular weight excluding hydrogens is 600 g/mol. The van der Waals surface area contributed by atoms with Gasteiger partial charge >= 0.3 is 6.01 Å². The smallest absolute Gasteiger partial charge is 0.319 e. The van der Waals surface area contributed by atoms with E-state index >= 15 is 13.2 Å². The average molecular weight is 635 g/mol. The Labute approximate surface area is 262 Å². The van der Waals surface area contributed by atoms with Crippen LogP contribution in [-0.2, 0) is 0 Å². The summed E-state index contributed by atoms with van der Waals surface area (Å²) in [5.74, 6) is -3.72. The van der Waals surface area contributed by atoms with E-state index < -0.39 is 28.8 Å². The Bertz CT molecular complexity index is 1880. The van der Waals surface area contributed by atoms with Crippen molar-refractivity contribution >= 4 is 27.5 Å². The molecule has 46 heavy (non-hydrogen) atoms. The molecule has 5 fully saturated rings. The number of piperazine rings is 1. The van der Waals surface area contributed by atoms with Gasteiger partial charge in [-0.2, -0.15) is 9.97 Å². The van der Waals surface area contributed by atoms with Crippen LogP contribution in [0.5, 0.6) is 11.8 Å². The fraction of sp³-hybridized carbons (Fsp3) is 0.471. The molecule has 9 rings (SSSR count). The van der Waals surface area contributed by atoms with E-state index in [0.29, 0.717) is 37.5 Å². The summed E-state index contributed by atoms with van der Waals surface area (Å²) in [4.78, 5) is 13.8. The van der Waals surface area contributed by atoms with Crippen molar-refractivity contribution in [1.82, 2.24) is 25.5 Å². The van der Waals surface area contributed by atoms with Crippen LogP contribution in [0.25, 0.3) is 32.8 Å². The average Bonchev–Trinajstić information content (AvgIpc) is 3.63. The second-order valence-corrected chi connectivity index (χ2v) is 14.0. The van der Waals surface area contributed by atoms with Crippen molar-refractivity contribution in [2.45, 2.75) is 43.8 Å². The van der Waals surface area contributed by atoms with Gasteiger partial charge in [0, 0.05) is 85.1 Å². The Morgan fingerprint density at radius 2 is 1.74 bits per heavy atom. The third kappa shape index (κ3) is 4.67. The van der Waals surface area contributed by atoms with Crippen molar-refractivity contribution in [2.24, 2.45) is 11.3 Å². The number of nitrogens with one attached hydrogen (secondary N) is 2. The topological polar surface area (TPSA) is 85.8 Å². The van der Waals surface area contributed by atoms with Crippen molar-refractivity contribution in [3.8, 4) is 22.9 Å². The van der Waals surface area contributed by atoms with Gasteiger partial charge in [0.2, 0.25) is 0 Å². The molecule has 4 unspecified atom stereocenters. The number of nitrogens with zero attached hydrogens (tertiary/aromatic N) is 4. The van der Waals surface area contributed by atoms with Crippen LogP contribution in [0, 0.1) is 34.6 Å². The van der Waals surface area contributed by atoms with E-state index in [1.54, 1.807) is 0 Å². The zero-order valence-corrected chi connectivity index (χ0v) is 25.1. The van der Waals surface area contributed by atoms with Gasteiger partial charge in [-0.15, -0.1) is 0 Å². The number of hydrogen-bond acceptors (Lipinski definition) is 8. The van der Waals surface area contributed by atoms with Gasteiger partial charge in [-0.25, -0.2) is 17.6 Å². The second-order valence-electron chi connectivity index (χ2n) is 14.0. The standard InChI is InChI=1S/C34H34F4N6O2/c35-24-4-1-17-7-21(45)8-22(27(17)29(24)37)28-25(36)9-23-31(30(28)38)41-33(42-32(23)44-12-19-2-3-20(13-44)40-19)46-16-34(5-6-34)15-43-11-18-10-39-26(18)14-43/h1,4,7-9,18-20,26,39-40,45H,2-3,5-6,10-16H2. The summed E-state index contributed by atoms with van der Waals surface area (Å²) in [5, 5.41) is 17.4. The lowest BCUT2D eigenvalue weighted by atomic mass is 9.95. The predicted molar refractivity (Wildman–Crippen MR) is 165 cm³/mol. The molecule has 240 valence electrons. The maximum absolute atomic E-state index is 16.7. The van der Waals surface area contributed by atoms with E-state index in [4.69, 9.17) is 9.72 Å². The molecule has 0 spiro atoms. The molecule has 5 aliphatic rings. The minimum absolute atomic E-state index is 0.00253. The number of aromatic hydroxyl groups is 1. The van der Waals surface area contributed by atoms with Gasteiger partial charge in [0.25, 0.3) is 0 Å². The normalized spacial score (nSPS) is 26.5. The molecule has 12 heteroatoms. The molecule has 0 amide bonds. The molecule has 3 aromatic carbocycles.